The van der Waals surface area contributed by atoms with Gasteiger partial charge in [-0.2, -0.15) is 0 Å². The lowest BCUT2D eigenvalue weighted by molar-refractivity contribution is -0.0191. The summed E-state index contributed by atoms with van der Waals surface area (Å²) >= 11 is 0. The Bertz CT molecular complexity index is 508. The molecule has 2 heterocycles. The molecule has 1 spiro atoms. The summed E-state index contributed by atoms with van der Waals surface area (Å²) in [4.78, 5) is 2.54. The summed E-state index contributed by atoms with van der Waals surface area (Å²) in [6.07, 6.45) is 3.23. The molecule has 1 atom stereocenters. The molecule has 4 heteroatoms. The fourth-order valence-electron chi connectivity index (χ4n) is 4.01. The van der Waals surface area contributed by atoms with Gasteiger partial charge in [-0.3, -0.25) is 4.90 Å². The highest BCUT2D eigenvalue weighted by molar-refractivity contribution is 5.49. The van der Waals surface area contributed by atoms with Crippen molar-refractivity contribution in [2.75, 3.05) is 33.3 Å². The van der Waals surface area contributed by atoms with E-state index in [1.165, 1.54) is 5.56 Å². The second-order valence-electron chi connectivity index (χ2n) is 6.35. The summed E-state index contributed by atoms with van der Waals surface area (Å²) in [5, 5.41) is 3.46. The normalized spacial score (nSPS) is 23.2. The van der Waals surface area contributed by atoms with Crippen LogP contribution >= 0.6 is 0 Å². The number of nitrogens with one attached hydrogen (secondary N) is 1. The molecule has 1 aromatic rings. The highest BCUT2D eigenvalue weighted by Gasteiger charge is 2.44. The fourth-order valence-corrected chi connectivity index (χ4v) is 4.01. The minimum absolute atomic E-state index is 0.0160. The van der Waals surface area contributed by atoms with Gasteiger partial charge in [-0.1, -0.05) is 19.9 Å². The highest BCUT2D eigenvalue weighted by atomic mass is 16.5. The molecule has 2 aliphatic rings. The summed E-state index contributed by atoms with van der Waals surface area (Å²) in [6.45, 7) is 8.67. The van der Waals surface area contributed by atoms with Crippen molar-refractivity contribution in [2.24, 2.45) is 0 Å². The zero-order chi connectivity index (χ0) is 15.6. The molecule has 1 N–H and O–H groups in total. The van der Waals surface area contributed by atoms with Gasteiger partial charge in [0, 0.05) is 12.5 Å². The number of hydrogen-bond donors (Lipinski definition) is 1. The molecule has 0 bridgehead atoms. The number of ether oxygens (including phenoxy) is 2. The first kappa shape index (κ1) is 15.6. The number of methoxy groups -OCH3 is 1. The van der Waals surface area contributed by atoms with E-state index in [0.29, 0.717) is 6.04 Å². The molecule has 122 valence electrons. The third kappa shape index (κ3) is 2.70. The molecule has 0 aromatic heterocycles. The van der Waals surface area contributed by atoms with Gasteiger partial charge in [0.1, 0.15) is 17.1 Å². The second-order valence-corrected chi connectivity index (χ2v) is 6.35. The molecular formula is C18H28N2O2. The Balaban J connectivity index is 2.03. The Hall–Kier alpha value is -1.26. The lowest BCUT2D eigenvalue weighted by atomic mass is 9.80. The van der Waals surface area contributed by atoms with Crippen molar-refractivity contribution in [1.29, 1.82) is 0 Å². The van der Waals surface area contributed by atoms with Crippen molar-refractivity contribution in [3.63, 3.8) is 0 Å². The van der Waals surface area contributed by atoms with Crippen LogP contribution in [-0.4, -0.2) is 43.8 Å². The van der Waals surface area contributed by atoms with Gasteiger partial charge in [-0.25, -0.2) is 0 Å². The van der Waals surface area contributed by atoms with Gasteiger partial charge in [0.05, 0.1) is 12.7 Å². The van der Waals surface area contributed by atoms with Crippen molar-refractivity contribution in [2.45, 2.75) is 44.8 Å². The Morgan fingerprint density at radius 1 is 1.27 bits per heavy atom. The number of piperidine rings is 1. The molecular weight excluding hydrogens is 276 g/mol. The van der Waals surface area contributed by atoms with E-state index in [1.807, 2.05) is 6.07 Å². The van der Waals surface area contributed by atoms with Crippen molar-refractivity contribution in [3.05, 3.63) is 23.8 Å². The summed E-state index contributed by atoms with van der Waals surface area (Å²) in [6, 6.07) is 6.58. The van der Waals surface area contributed by atoms with Crippen LogP contribution in [0.25, 0.3) is 0 Å². The van der Waals surface area contributed by atoms with E-state index in [9.17, 15) is 0 Å². The van der Waals surface area contributed by atoms with Crippen LogP contribution in [0, 0.1) is 0 Å². The standard InChI is InChI=1S/C18H28N2O2/c1-4-20(5-2)14-13-18(9-11-19-12-10-18)22-16-8-6-7-15(21-3)17(14)16/h6-8,14,19H,4-5,9-13H2,1-3H3. The predicted molar refractivity (Wildman–Crippen MR) is 88.7 cm³/mol. The molecule has 1 unspecified atom stereocenters. The van der Waals surface area contributed by atoms with Gasteiger partial charge < -0.3 is 14.8 Å². The number of nitrogens with zero attached hydrogens (tertiary/aromatic N) is 1. The molecule has 1 saturated heterocycles. The zero-order valence-corrected chi connectivity index (χ0v) is 14.0. The van der Waals surface area contributed by atoms with Gasteiger partial charge in [0.2, 0.25) is 0 Å². The Kier molecular flexibility index (Phi) is 4.59. The van der Waals surface area contributed by atoms with Crippen molar-refractivity contribution in [1.82, 2.24) is 10.2 Å². The Morgan fingerprint density at radius 3 is 2.64 bits per heavy atom. The van der Waals surface area contributed by atoms with E-state index < -0.39 is 0 Å². The van der Waals surface area contributed by atoms with E-state index in [2.05, 4.69) is 36.2 Å². The third-order valence-corrected chi connectivity index (χ3v) is 5.24. The van der Waals surface area contributed by atoms with Crippen LogP contribution in [0.4, 0.5) is 0 Å². The molecule has 1 aromatic carbocycles. The fraction of sp³-hybridized carbons (Fsp3) is 0.667. The molecule has 3 rings (SSSR count). The average Bonchev–Trinajstić information content (AvgIpc) is 2.55. The molecule has 0 saturated carbocycles. The third-order valence-electron chi connectivity index (χ3n) is 5.24. The van der Waals surface area contributed by atoms with Crippen LogP contribution in [0.2, 0.25) is 0 Å². The Morgan fingerprint density at radius 2 is 2.00 bits per heavy atom. The average molecular weight is 304 g/mol. The molecule has 2 aliphatic heterocycles. The number of fused-ring (bicyclic) bond motifs is 1. The summed E-state index contributed by atoms with van der Waals surface area (Å²) in [5.41, 5.74) is 1.22. The second kappa shape index (κ2) is 6.47. The van der Waals surface area contributed by atoms with Gasteiger partial charge in [0.25, 0.3) is 0 Å². The Labute approximate surface area is 133 Å². The quantitative estimate of drug-likeness (QED) is 0.927. The van der Waals surface area contributed by atoms with Crippen LogP contribution in [0.1, 0.15) is 44.7 Å². The monoisotopic (exact) mass is 304 g/mol. The van der Waals surface area contributed by atoms with Crippen molar-refractivity contribution < 1.29 is 9.47 Å². The maximum atomic E-state index is 6.53. The molecule has 1 fully saturated rings. The van der Waals surface area contributed by atoms with Gasteiger partial charge >= 0.3 is 0 Å². The minimum Gasteiger partial charge on any atom is -0.496 e. The first-order valence-corrected chi connectivity index (χ1v) is 8.53. The molecule has 0 aliphatic carbocycles. The molecule has 0 amide bonds. The van der Waals surface area contributed by atoms with Gasteiger partial charge in [-0.15, -0.1) is 0 Å². The van der Waals surface area contributed by atoms with Gasteiger partial charge in [0.15, 0.2) is 0 Å². The lowest BCUT2D eigenvalue weighted by Gasteiger charge is -2.47. The minimum atomic E-state index is -0.0160. The smallest absolute Gasteiger partial charge is 0.128 e. The first-order valence-electron chi connectivity index (χ1n) is 8.53. The maximum Gasteiger partial charge on any atom is 0.128 e. The maximum absolute atomic E-state index is 6.53. The lowest BCUT2D eigenvalue weighted by Crippen LogP contribution is -2.51. The molecule has 0 radical (unpaired) electrons. The SMILES string of the molecule is CCN(CC)C1CC2(CCNCC2)Oc2cccc(OC)c21. The van der Waals surface area contributed by atoms with Gasteiger partial charge in [-0.05, 0) is 51.2 Å². The number of hydrogen-bond acceptors (Lipinski definition) is 4. The predicted octanol–water partition coefficient (Wildman–Crippen LogP) is 2.98. The number of rotatable bonds is 4. The van der Waals surface area contributed by atoms with E-state index in [0.717, 1.165) is 56.9 Å². The summed E-state index contributed by atoms with van der Waals surface area (Å²) in [7, 11) is 1.75. The largest absolute Gasteiger partial charge is 0.496 e. The van der Waals surface area contributed by atoms with Crippen LogP contribution < -0.4 is 14.8 Å². The van der Waals surface area contributed by atoms with E-state index >= 15 is 0 Å². The molecule has 22 heavy (non-hydrogen) atoms. The molecule has 4 nitrogen and oxygen atoms in total. The van der Waals surface area contributed by atoms with Crippen LogP contribution in [0.3, 0.4) is 0 Å². The van der Waals surface area contributed by atoms with E-state index in [1.54, 1.807) is 7.11 Å². The van der Waals surface area contributed by atoms with Crippen molar-refractivity contribution >= 4 is 0 Å². The number of benzene rings is 1. The van der Waals surface area contributed by atoms with E-state index in [-0.39, 0.29) is 5.60 Å². The van der Waals surface area contributed by atoms with Crippen LogP contribution in [0.5, 0.6) is 11.5 Å². The zero-order valence-electron chi connectivity index (χ0n) is 14.0. The summed E-state index contributed by atoms with van der Waals surface area (Å²) in [5.74, 6) is 1.97. The van der Waals surface area contributed by atoms with Crippen LogP contribution in [0.15, 0.2) is 18.2 Å². The van der Waals surface area contributed by atoms with Crippen molar-refractivity contribution in [3.8, 4) is 11.5 Å². The summed E-state index contributed by atoms with van der Waals surface area (Å²) < 4.78 is 12.2. The topological polar surface area (TPSA) is 33.7 Å². The highest BCUT2D eigenvalue weighted by Crippen LogP contribution is 2.49. The first-order chi connectivity index (χ1) is 10.7. The van der Waals surface area contributed by atoms with Crippen LogP contribution in [-0.2, 0) is 0 Å². The van der Waals surface area contributed by atoms with E-state index in [4.69, 9.17) is 9.47 Å².